The summed E-state index contributed by atoms with van der Waals surface area (Å²) in [5.41, 5.74) is 0. The molecule has 0 spiro atoms. The number of amides is 1. The minimum atomic E-state index is -0.112. The number of likely N-dealkylation sites (N-methyl/N-ethyl adjacent to an activating group) is 1. The van der Waals surface area contributed by atoms with Crippen LogP contribution in [0.3, 0.4) is 0 Å². The van der Waals surface area contributed by atoms with Crippen molar-refractivity contribution in [2.45, 2.75) is 6.54 Å². The predicted molar refractivity (Wildman–Crippen MR) is 68.6 cm³/mol. The quantitative estimate of drug-likeness (QED) is 0.801. The first kappa shape index (κ1) is 13.4. The van der Waals surface area contributed by atoms with E-state index in [0.717, 1.165) is 11.4 Å². The van der Waals surface area contributed by atoms with Crippen molar-refractivity contribution in [1.29, 1.82) is 5.26 Å². The van der Waals surface area contributed by atoms with Crippen molar-refractivity contribution < 1.29 is 4.79 Å². The standard InChI is InChI=1S/C12H15N3OS/c1-15(2)7-3-4-12(16)14-9-11-6-5-10(8-13)17-11/h3-6H,7,9H2,1-2H3,(H,14,16)/b4-3+. The van der Waals surface area contributed by atoms with Crippen molar-refractivity contribution in [1.82, 2.24) is 10.2 Å². The number of rotatable bonds is 5. The molecule has 1 heterocycles. The van der Waals surface area contributed by atoms with E-state index in [4.69, 9.17) is 5.26 Å². The molecule has 1 aromatic heterocycles. The van der Waals surface area contributed by atoms with Gasteiger partial charge >= 0.3 is 0 Å². The molecule has 4 nitrogen and oxygen atoms in total. The van der Waals surface area contributed by atoms with Crippen LogP contribution in [0.4, 0.5) is 0 Å². The number of hydrogen-bond acceptors (Lipinski definition) is 4. The van der Waals surface area contributed by atoms with Crippen LogP contribution in [0.15, 0.2) is 24.3 Å². The molecule has 1 rings (SSSR count). The summed E-state index contributed by atoms with van der Waals surface area (Å²) in [6.07, 6.45) is 3.34. The third-order valence-corrected chi connectivity index (χ3v) is 2.94. The van der Waals surface area contributed by atoms with Gasteiger partial charge in [0, 0.05) is 17.5 Å². The second kappa shape index (κ2) is 6.84. The Bertz CT molecular complexity index is 443. The average molecular weight is 249 g/mol. The summed E-state index contributed by atoms with van der Waals surface area (Å²) in [5.74, 6) is -0.112. The van der Waals surface area contributed by atoms with E-state index < -0.39 is 0 Å². The van der Waals surface area contributed by atoms with E-state index >= 15 is 0 Å². The molecule has 0 aromatic carbocycles. The fourth-order valence-corrected chi connectivity index (χ4v) is 1.88. The van der Waals surface area contributed by atoms with Crippen LogP contribution in [-0.4, -0.2) is 31.4 Å². The molecule has 90 valence electrons. The molecule has 0 radical (unpaired) electrons. The fraction of sp³-hybridized carbons (Fsp3) is 0.333. The molecule has 0 saturated heterocycles. The van der Waals surface area contributed by atoms with Crippen LogP contribution >= 0.6 is 11.3 Å². The van der Waals surface area contributed by atoms with Crippen molar-refractivity contribution in [3.8, 4) is 6.07 Å². The zero-order valence-electron chi connectivity index (χ0n) is 9.93. The highest BCUT2D eigenvalue weighted by Crippen LogP contribution is 2.14. The minimum absolute atomic E-state index is 0.112. The van der Waals surface area contributed by atoms with Crippen LogP contribution in [0, 0.1) is 11.3 Å². The predicted octanol–water partition coefficient (Wildman–Crippen LogP) is 1.35. The molecule has 0 aliphatic carbocycles. The lowest BCUT2D eigenvalue weighted by Gasteiger charge is -2.03. The van der Waals surface area contributed by atoms with Gasteiger partial charge in [0.15, 0.2) is 0 Å². The van der Waals surface area contributed by atoms with Gasteiger partial charge in [-0.15, -0.1) is 11.3 Å². The third-order valence-electron chi connectivity index (χ3n) is 1.95. The van der Waals surface area contributed by atoms with Gasteiger partial charge in [0.2, 0.25) is 5.91 Å². The number of carbonyl (C=O) groups is 1. The highest BCUT2D eigenvalue weighted by molar-refractivity contribution is 7.12. The number of carbonyl (C=O) groups excluding carboxylic acids is 1. The summed E-state index contributed by atoms with van der Waals surface area (Å²) < 4.78 is 0. The van der Waals surface area contributed by atoms with Crippen molar-refractivity contribution in [3.05, 3.63) is 34.0 Å². The maximum Gasteiger partial charge on any atom is 0.243 e. The molecule has 0 aliphatic heterocycles. The SMILES string of the molecule is CN(C)C/C=C/C(=O)NCc1ccc(C#N)s1. The van der Waals surface area contributed by atoms with Crippen molar-refractivity contribution >= 4 is 17.2 Å². The van der Waals surface area contributed by atoms with Crippen LogP contribution in [-0.2, 0) is 11.3 Å². The molecular formula is C12H15N3OS. The number of nitrogens with one attached hydrogen (secondary N) is 1. The van der Waals surface area contributed by atoms with Crippen LogP contribution in [0.25, 0.3) is 0 Å². The molecule has 1 amide bonds. The Morgan fingerprint density at radius 1 is 1.59 bits per heavy atom. The average Bonchev–Trinajstić information content (AvgIpc) is 2.73. The summed E-state index contributed by atoms with van der Waals surface area (Å²) in [6, 6.07) is 5.68. The van der Waals surface area contributed by atoms with E-state index in [1.165, 1.54) is 17.4 Å². The first-order valence-corrected chi connectivity index (χ1v) is 6.01. The number of nitrogens with zero attached hydrogens (tertiary/aromatic N) is 2. The van der Waals surface area contributed by atoms with Gasteiger partial charge in [0.1, 0.15) is 10.9 Å². The van der Waals surface area contributed by atoms with E-state index in [1.807, 2.05) is 31.1 Å². The lowest BCUT2D eigenvalue weighted by atomic mass is 10.4. The molecule has 1 aromatic rings. The molecule has 0 saturated carbocycles. The van der Waals surface area contributed by atoms with Gasteiger partial charge in [0.05, 0.1) is 6.54 Å². The molecule has 0 atom stereocenters. The van der Waals surface area contributed by atoms with Gasteiger partial charge in [-0.25, -0.2) is 0 Å². The molecular weight excluding hydrogens is 234 g/mol. The summed E-state index contributed by atoms with van der Waals surface area (Å²) in [7, 11) is 3.88. The van der Waals surface area contributed by atoms with E-state index in [-0.39, 0.29) is 5.91 Å². The van der Waals surface area contributed by atoms with E-state index in [2.05, 4.69) is 11.4 Å². The molecule has 0 aliphatic rings. The molecule has 5 heteroatoms. The highest BCUT2D eigenvalue weighted by Gasteiger charge is 2.00. The Balaban J connectivity index is 2.33. The summed E-state index contributed by atoms with van der Waals surface area (Å²) in [6.45, 7) is 1.21. The van der Waals surface area contributed by atoms with Crippen molar-refractivity contribution in [2.75, 3.05) is 20.6 Å². The Morgan fingerprint density at radius 3 is 2.94 bits per heavy atom. The Hall–Kier alpha value is -1.64. The summed E-state index contributed by atoms with van der Waals surface area (Å²) >= 11 is 1.40. The normalized spacial score (nSPS) is 10.7. The van der Waals surface area contributed by atoms with Gasteiger partial charge in [-0.3, -0.25) is 4.79 Å². The van der Waals surface area contributed by atoms with Gasteiger partial charge in [-0.1, -0.05) is 6.08 Å². The zero-order chi connectivity index (χ0) is 12.7. The van der Waals surface area contributed by atoms with Gasteiger partial charge in [-0.05, 0) is 26.2 Å². The molecule has 0 bridgehead atoms. The van der Waals surface area contributed by atoms with Crippen LogP contribution in [0.5, 0.6) is 0 Å². The van der Waals surface area contributed by atoms with Crippen molar-refractivity contribution in [2.24, 2.45) is 0 Å². The van der Waals surface area contributed by atoms with Gasteiger partial charge in [0.25, 0.3) is 0 Å². The molecule has 0 unspecified atom stereocenters. The Kier molecular flexibility index (Phi) is 5.40. The van der Waals surface area contributed by atoms with E-state index in [1.54, 1.807) is 6.07 Å². The second-order valence-corrected chi connectivity index (χ2v) is 4.93. The second-order valence-electron chi connectivity index (χ2n) is 3.76. The number of nitriles is 1. The third kappa shape index (κ3) is 5.29. The lowest BCUT2D eigenvalue weighted by molar-refractivity contribution is -0.116. The zero-order valence-corrected chi connectivity index (χ0v) is 10.8. The Labute approximate surface area is 105 Å². The topological polar surface area (TPSA) is 56.1 Å². The fourth-order valence-electron chi connectivity index (χ4n) is 1.14. The largest absolute Gasteiger partial charge is 0.348 e. The molecule has 0 fully saturated rings. The summed E-state index contributed by atoms with van der Waals surface area (Å²) in [4.78, 5) is 15.0. The number of thiophene rings is 1. The van der Waals surface area contributed by atoms with Crippen LogP contribution < -0.4 is 5.32 Å². The summed E-state index contributed by atoms with van der Waals surface area (Å²) in [5, 5.41) is 11.4. The van der Waals surface area contributed by atoms with Crippen LogP contribution in [0.2, 0.25) is 0 Å². The lowest BCUT2D eigenvalue weighted by Crippen LogP contribution is -2.20. The highest BCUT2D eigenvalue weighted by atomic mass is 32.1. The first-order valence-electron chi connectivity index (χ1n) is 5.19. The maximum absolute atomic E-state index is 11.4. The van der Waals surface area contributed by atoms with E-state index in [0.29, 0.717) is 11.4 Å². The Morgan fingerprint density at radius 2 is 2.35 bits per heavy atom. The van der Waals surface area contributed by atoms with Gasteiger partial charge < -0.3 is 10.2 Å². The first-order chi connectivity index (χ1) is 8.11. The molecule has 1 N–H and O–H groups in total. The van der Waals surface area contributed by atoms with Gasteiger partial charge in [-0.2, -0.15) is 5.26 Å². The van der Waals surface area contributed by atoms with E-state index in [9.17, 15) is 4.79 Å². The smallest absolute Gasteiger partial charge is 0.243 e. The van der Waals surface area contributed by atoms with Crippen molar-refractivity contribution in [3.63, 3.8) is 0 Å². The molecule has 17 heavy (non-hydrogen) atoms. The van der Waals surface area contributed by atoms with Crippen LogP contribution in [0.1, 0.15) is 9.75 Å². The minimum Gasteiger partial charge on any atom is -0.348 e. The maximum atomic E-state index is 11.4. The number of hydrogen-bond donors (Lipinski definition) is 1. The monoisotopic (exact) mass is 249 g/mol.